The zero-order chi connectivity index (χ0) is 33.6. The molecular formula is C32H41ClN6O6S. The van der Waals surface area contributed by atoms with Crippen molar-refractivity contribution in [1.29, 1.82) is 0 Å². The fraction of sp³-hybridized carbons (Fsp3) is 0.500. The molecule has 0 aliphatic carbocycles. The fourth-order valence-electron chi connectivity index (χ4n) is 4.68. The van der Waals surface area contributed by atoms with Gasteiger partial charge in [-0.1, -0.05) is 20.8 Å². The summed E-state index contributed by atoms with van der Waals surface area (Å²) in [6, 6.07) is 3.06. The maximum atomic E-state index is 13.8. The van der Waals surface area contributed by atoms with Crippen molar-refractivity contribution in [3.05, 3.63) is 57.0 Å². The van der Waals surface area contributed by atoms with Crippen LogP contribution < -0.4 is 21.1 Å². The number of aromatic nitrogens is 3. The molecule has 1 saturated heterocycles. The maximum Gasteiger partial charge on any atom is 0.407 e. The van der Waals surface area contributed by atoms with Crippen molar-refractivity contribution in [1.82, 2.24) is 19.7 Å². The molecule has 1 aliphatic rings. The number of amides is 2. The summed E-state index contributed by atoms with van der Waals surface area (Å²) in [5.74, 6) is -0.283. The summed E-state index contributed by atoms with van der Waals surface area (Å²) in [4.78, 5) is 63.1. The Morgan fingerprint density at radius 2 is 1.93 bits per heavy atom. The number of alkyl halides is 1. The quantitative estimate of drug-likeness (QED) is 0.132. The van der Waals surface area contributed by atoms with Gasteiger partial charge in [-0.15, -0.1) is 22.9 Å². The summed E-state index contributed by atoms with van der Waals surface area (Å²) in [5.41, 5.74) is 0.231. The van der Waals surface area contributed by atoms with Gasteiger partial charge in [0.05, 0.1) is 17.8 Å². The second-order valence-electron chi connectivity index (χ2n) is 13.0. The minimum atomic E-state index is -0.716. The Morgan fingerprint density at radius 1 is 1.17 bits per heavy atom. The number of carbonyl (C=O) groups excluding carboxylic acids is 3. The topological polar surface area (TPSA) is 144 Å². The Hall–Kier alpha value is -3.97. The van der Waals surface area contributed by atoms with Crippen molar-refractivity contribution in [2.75, 3.05) is 35.7 Å². The highest BCUT2D eigenvalue weighted by molar-refractivity contribution is 7.14. The van der Waals surface area contributed by atoms with Gasteiger partial charge in [-0.25, -0.2) is 19.6 Å². The van der Waals surface area contributed by atoms with Gasteiger partial charge in [-0.2, -0.15) is 0 Å². The Balaban J connectivity index is 1.67. The van der Waals surface area contributed by atoms with Crippen molar-refractivity contribution in [3.8, 4) is 0 Å². The fourth-order valence-corrected chi connectivity index (χ4v) is 5.74. The van der Waals surface area contributed by atoms with Gasteiger partial charge >= 0.3 is 12.1 Å². The van der Waals surface area contributed by atoms with Gasteiger partial charge in [-0.05, 0) is 58.2 Å². The van der Waals surface area contributed by atoms with Crippen LogP contribution in [0, 0.1) is 0 Å². The lowest BCUT2D eigenvalue weighted by Crippen LogP contribution is -2.43. The van der Waals surface area contributed by atoms with Crippen molar-refractivity contribution in [3.63, 3.8) is 0 Å². The SMILES string of the molecule is CC(C)(C)OC(=O)/C=C/c1c(N2CCC[C@@H](OC(=O)NCCCCl)C2)nc2cc(C(=O)Nc3nc(C(C)(C)C)cs3)ccn2c1=O. The van der Waals surface area contributed by atoms with E-state index >= 15 is 0 Å². The molecule has 4 rings (SSSR count). The van der Waals surface area contributed by atoms with Crippen LogP contribution in [0.3, 0.4) is 0 Å². The number of halogens is 1. The van der Waals surface area contributed by atoms with Gasteiger partial charge in [0.1, 0.15) is 23.2 Å². The summed E-state index contributed by atoms with van der Waals surface area (Å²) < 4.78 is 12.3. The number of nitrogens with zero attached hydrogens (tertiary/aromatic N) is 4. The maximum absolute atomic E-state index is 13.8. The number of hydrogen-bond donors (Lipinski definition) is 2. The van der Waals surface area contributed by atoms with Gasteiger partial charge in [-0.3, -0.25) is 19.3 Å². The molecule has 0 unspecified atom stereocenters. The van der Waals surface area contributed by atoms with E-state index in [1.54, 1.807) is 20.8 Å². The first-order chi connectivity index (χ1) is 21.6. The molecule has 0 spiro atoms. The van der Waals surface area contributed by atoms with Gasteiger partial charge in [0, 0.05) is 47.6 Å². The lowest BCUT2D eigenvalue weighted by atomic mass is 9.93. The van der Waals surface area contributed by atoms with Crippen molar-refractivity contribution < 1.29 is 23.9 Å². The van der Waals surface area contributed by atoms with Crippen LogP contribution >= 0.6 is 22.9 Å². The number of anilines is 2. The standard InChI is InChI=1S/C32H41ClN6O6S/c1-31(2,3)23-19-46-29(35-23)37-27(41)20-12-16-39-24(17-20)36-26(22(28(39)42)10-11-25(40)45-32(4,5)6)38-15-7-9-21(18-38)44-30(43)34-14-8-13-33/h10-12,16-17,19,21H,7-9,13-15,18H2,1-6H3,(H,34,43)(H,35,37,41)/b11-10+/t21-/m1/s1. The Morgan fingerprint density at radius 3 is 2.61 bits per heavy atom. The van der Waals surface area contributed by atoms with E-state index < -0.39 is 35.2 Å². The molecule has 0 aromatic carbocycles. The van der Waals surface area contributed by atoms with E-state index in [9.17, 15) is 19.2 Å². The second-order valence-corrected chi connectivity index (χ2v) is 14.2. The zero-order valence-electron chi connectivity index (χ0n) is 27.0. The molecule has 248 valence electrons. The van der Waals surface area contributed by atoms with E-state index in [0.29, 0.717) is 49.2 Å². The third kappa shape index (κ3) is 9.29. The van der Waals surface area contributed by atoms with Crippen LogP contribution in [0.15, 0.2) is 34.6 Å². The van der Waals surface area contributed by atoms with E-state index in [-0.39, 0.29) is 28.7 Å². The molecule has 0 bridgehead atoms. The molecular weight excluding hydrogens is 632 g/mol. The highest BCUT2D eigenvalue weighted by Crippen LogP contribution is 2.27. The summed E-state index contributed by atoms with van der Waals surface area (Å²) in [6.45, 7) is 12.6. The van der Waals surface area contributed by atoms with Gasteiger partial charge < -0.3 is 19.7 Å². The molecule has 46 heavy (non-hydrogen) atoms. The average molecular weight is 673 g/mol. The van der Waals surface area contributed by atoms with Crippen LogP contribution in [0.4, 0.5) is 15.7 Å². The highest BCUT2D eigenvalue weighted by atomic mass is 35.5. The number of pyridine rings is 1. The number of alkyl carbamates (subject to hydrolysis) is 1. The average Bonchev–Trinajstić information content (AvgIpc) is 3.45. The smallest absolute Gasteiger partial charge is 0.407 e. The molecule has 12 nitrogen and oxygen atoms in total. The first-order valence-electron chi connectivity index (χ1n) is 15.1. The molecule has 1 aliphatic heterocycles. The van der Waals surface area contributed by atoms with Gasteiger partial charge in [0.15, 0.2) is 5.13 Å². The summed E-state index contributed by atoms with van der Waals surface area (Å²) in [6.07, 6.45) is 4.99. The Bertz CT molecular complexity index is 1670. The van der Waals surface area contributed by atoms with E-state index in [4.69, 9.17) is 26.1 Å². The number of nitrogens with one attached hydrogen (secondary N) is 2. The van der Waals surface area contributed by atoms with Crippen LogP contribution in [0.5, 0.6) is 0 Å². The number of carbonyl (C=O) groups is 3. The number of esters is 1. The molecule has 3 aromatic heterocycles. The van der Waals surface area contributed by atoms with Crippen LogP contribution in [0.2, 0.25) is 0 Å². The first kappa shape index (κ1) is 34.9. The molecule has 2 amide bonds. The third-order valence-electron chi connectivity index (χ3n) is 6.92. The van der Waals surface area contributed by atoms with Crippen molar-refractivity contribution in [2.45, 2.75) is 77.9 Å². The lowest BCUT2D eigenvalue weighted by molar-refractivity contribution is -0.148. The number of rotatable bonds is 9. The molecule has 3 aromatic rings. The zero-order valence-corrected chi connectivity index (χ0v) is 28.6. The molecule has 0 saturated carbocycles. The predicted molar refractivity (Wildman–Crippen MR) is 180 cm³/mol. The third-order valence-corrected chi connectivity index (χ3v) is 7.95. The first-order valence-corrected chi connectivity index (χ1v) is 16.6. The van der Waals surface area contributed by atoms with E-state index in [2.05, 4.69) is 15.6 Å². The Kier molecular flexibility index (Phi) is 11.1. The van der Waals surface area contributed by atoms with Crippen molar-refractivity contribution >= 4 is 63.6 Å². The monoisotopic (exact) mass is 672 g/mol. The highest BCUT2D eigenvalue weighted by Gasteiger charge is 2.27. The summed E-state index contributed by atoms with van der Waals surface area (Å²) >= 11 is 7.03. The lowest BCUT2D eigenvalue weighted by Gasteiger charge is -2.34. The van der Waals surface area contributed by atoms with E-state index in [0.717, 1.165) is 5.69 Å². The molecule has 0 radical (unpaired) electrons. The van der Waals surface area contributed by atoms with Crippen LogP contribution in [-0.2, 0) is 19.7 Å². The summed E-state index contributed by atoms with van der Waals surface area (Å²) in [5, 5.41) is 7.90. The van der Waals surface area contributed by atoms with Gasteiger partial charge in [0.25, 0.3) is 11.5 Å². The number of ether oxygens (including phenoxy) is 2. The molecule has 1 fully saturated rings. The number of fused-ring (bicyclic) bond motifs is 1. The molecule has 14 heteroatoms. The molecule has 2 N–H and O–H groups in total. The minimum Gasteiger partial charge on any atom is -0.457 e. The van der Waals surface area contributed by atoms with Gasteiger partial charge in [0.2, 0.25) is 0 Å². The van der Waals surface area contributed by atoms with Crippen LogP contribution in [0.1, 0.15) is 82.4 Å². The number of hydrogen-bond acceptors (Lipinski definition) is 10. The summed E-state index contributed by atoms with van der Waals surface area (Å²) in [7, 11) is 0. The largest absolute Gasteiger partial charge is 0.457 e. The number of piperidine rings is 1. The van der Waals surface area contributed by atoms with Crippen LogP contribution in [-0.4, -0.2) is 69.6 Å². The predicted octanol–water partition coefficient (Wildman–Crippen LogP) is 5.38. The normalized spacial score (nSPS) is 15.6. The van der Waals surface area contributed by atoms with E-state index in [1.165, 1.54) is 46.2 Å². The second kappa shape index (κ2) is 14.6. The molecule has 4 heterocycles. The Labute approximate surface area is 277 Å². The van der Waals surface area contributed by atoms with Crippen LogP contribution in [0.25, 0.3) is 11.7 Å². The van der Waals surface area contributed by atoms with Crippen molar-refractivity contribution in [2.24, 2.45) is 0 Å². The molecule has 1 atom stereocenters. The number of thiazole rings is 1. The van der Waals surface area contributed by atoms with E-state index in [1.807, 2.05) is 31.1 Å². The minimum absolute atomic E-state index is 0.158.